The van der Waals surface area contributed by atoms with Crippen LogP contribution >= 0.6 is 0 Å². The molecule has 16 heteroatoms. The number of hydrogen-bond acceptors (Lipinski definition) is 11. The van der Waals surface area contributed by atoms with E-state index >= 15 is 0 Å². The summed E-state index contributed by atoms with van der Waals surface area (Å²) in [6, 6.07) is 11.3. The smallest absolute Gasteiger partial charge is 0.374 e. The summed E-state index contributed by atoms with van der Waals surface area (Å²) < 4.78 is 32.5. The van der Waals surface area contributed by atoms with Crippen molar-refractivity contribution in [2.75, 3.05) is 67.7 Å². The maximum Gasteiger partial charge on any atom is 0.374 e. The fourth-order valence-electron chi connectivity index (χ4n) is 6.49. The molecule has 238 valence electrons. The molecule has 0 bridgehead atoms. The lowest BCUT2D eigenvalue weighted by atomic mass is 9.98. The Kier molecular flexibility index (Phi) is 7.67. The predicted molar refractivity (Wildman–Crippen MR) is 168 cm³/mol. The number of aromatic carboxylic acids is 1. The number of benzene rings is 1. The molecule has 0 radical (unpaired) electrons. The first-order valence-electron chi connectivity index (χ1n) is 15.2. The van der Waals surface area contributed by atoms with Gasteiger partial charge < -0.3 is 24.5 Å². The van der Waals surface area contributed by atoms with Gasteiger partial charge in [-0.05, 0) is 37.8 Å². The number of carboxylic acids is 1. The zero-order valence-corrected chi connectivity index (χ0v) is 25.8. The summed E-state index contributed by atoms with van der Waals surface area (Å²) in [5.74, 6) is 0.820. The van der Waals surface area contributed by atoms with Crippen LogP contribution in [-0.2, 0) is 14.9 Å². The van der Waals surface area contributed by atoms with Crippen LogP contribution in [0.4, 0.5) is 17.5 Å². The van der Waals surface area contributed by atoms with E-state index in [0.29, 0.717) is 49.8 Å². The molecule has 4 aromatic rings. The number of aromatic nitrogens is 5. The van der Waals surface area contributed by atoms with Crippen molar-refractivity contribution in [1.29, 1.82) is 0 Å². The van der Waals surface area contributed by atoms with Gasteiger partial charge in [-0.2, -0.15) is 22.3 Å². The number of likely N-dealkylation sites (N-methyl/N-ethyl adjacent to an activating group) is 1. The largest absolute Gasteiger partial charge is 0.475 e. The molecule has 3 N–H and O–H groups in total. The van der Waals surface area contributed by atoms with E-state index in [1.54, 1.807) is 6.07 Å². The highest BCUT2D eigenvalue weighted by Gasteiger charge is 2.34. The fourth-order valence-corrected chi connectivity index (χ4v) is 6.87. The van der Waals surface area contributed by atoms with Gasteiger partial charge in [-0.25, -0.2) is 24.9 Å². The highest BCUT2D eigenvalue weighted by atomic mass is 32.2. The van der Waals surface area contributed by atoms with E-state index in [2.05, 4.69) is 24.7 Å². The number of carbonyl (C=O) groups is 1. The molecule has 7 rings (SSSR count). The van der Waals surface area contributed by atoms with Crippen molar-refractivity contribution >= 4 is 50.2 Å². The summed E-state index contributed by atoms with van der Waals surface area (Å²) in [6.07, 6.45) is 3.58. The van der Waals surface area contributed by atoms with E-state index < -0.39 is 16.2 Å². The minimum absolute atomic E-state index is 0.0495. The average Bonchev–Trinajstić information content (AvgIpc) is 3.46. The summed E-state index contributed by atoms with van der Waals surface area (Å²) in [7, 11) is -2.31. The highest BCUT2D eigenvalue weighted by molar-refractivity contribution is 7.86. The number of anilines is 3. The Morgan fingerprint density at radius 3 is 2.58 bits per heavy atom. The summed E-state index contributed by atoms with van der Waals surface area (Å²) in [5, 5.41) is 21.0. The molecule has 1 aromatic carbocycles. The van der Waals surface area contributed by atoms with Crippen LogP contribution in [0.15, 0.2) is 36.4 Å². The van der Waals surface area contributed by atoms with Crippen LogP contribution in [0.1, 0.15) is 48.0 Å². The van der Waals surface area contributed by atoms with Gasteiger partial charge in [0.2, 0.25) is 5.82 Å². The first-order valence-corrected chi connectivity index (χ1v) is 16.7. The molecule has 0 spiro atoms. The summed E-state index contributed by atoms with van der Waals surface area (Å²) in [5.41, 5.74) is 2.08. The number of nitrogens with two attached hydrogens (primary N) is 1. The van der Waals surface area contributed by atoms with Gasteiger partial charge in [0.1, 0.15) is 17.5 Å². The SMILES string of the molecule is CN(CC1CCN1c1cc(N2CCOCC2)n2nc(C3CCCCN3c3nc(C(=O)O)nc4ccccc34)cc2n1)S(N)(=O)=O. The van der Waals surface area contributed by atoms with Crippen molar-refractivity contribution in [3.8, 4) is 0 Å². The van der Waals surface area contributed by atoms with Gasteiger partial charge in [0.25, 0.3) is 10.2 Å². The second kappa shape index (κ2) is 11.7. The Hall–Kier alpha value is -4.12. The number of morpholine rings is 1. The first-order chi connectivity index (χ1) is 21.7. The lowest BCUT2D eigenvalue weighted by Gasteiger charge is -2.43. The minimum Gasteiger partial charge on any atom is -0.475 e. The molecule has 2 atom stereocenters. The van der Waals surface area contributed by atoms with Gasteiger partial charge in [-0.1, -0.05) is 12.1 Å². The number of para-hydroxylation sites is 1. The molecule has 3 saturated heterocycles. The Balaban J connectivity index is 1.30. The molecule has 3 aliphatic rings. The Morgan fingerprint density at radius 1 is 1.04 bits per heavy atom. The van der Waals surface area contributed by atoms with Gasteiger partial charge in [0.05, 0.1) is 30.5 Å². The molecule has 0 amide bonds. The number of hydrogen-bond donors (Lipinski definition) is 2. The maximum atomic E-state index is 12.0. The summed E-state index contributed by atoms with van der Waals surface area (Å²) in [4.78, 5) is 32.3. The monoisotopic (exact) mass is 636 g/mol. The van der Waals surface area contributed by atoms with Crippen LogP contribution in [0.25, 0.3) is 16.6 Å². The third-order valence-corrected chi connectivity index (χ3v) is 10.00. The van der Waals surface area contributed by atoms with E-state index in [9.17, 15) is 18.3 Å². The van der Waals surface area contributed by atoms with Crippen LogP contribution in [-0.4, -0.2) is 107 Å². The number of carboxylic acid groups (broad SMARTS) is 1. The third-order valence-electron chi connectivity index (χ3n) is 8.98. The number of ether oxygens (including phenoxy) is 1. The zero-order chi connectivity index (χ0) is 31.3. The quantitative estimate of drug-likeness (QED) is 0.287. The summed E-state index contributed by atoms with van der Waals surface area (Å²) >= 11 is 0. The molecule has 15 nitrogen and oxygen atoms in total. The molecule has 2 unspecified atom stereocenters. The van der Waals surface area contributed by atoms with Crippen LogP contribution in [0.2, 0.25) is 0 Å². The molecule has 3 aromatic heterocycles. The number of nitrogens with zero attached hydrogens (tertiary/aromatic N) is 9. The van der Waals surface area contributed by atoms with Crippen molar-refractivity contribution in [1.82, 2.24) is 28.9 Å². The van der Waals surface area contributed by atoms with Crippen LogP contribution < -0.4 is 19.8 Å². The molecule has 0 aliphatic carbocycles. The maximum absolute atomic E-state index is 12.0. The van der Waals surface area contributed by atoms with Gasteiger partial charge >= 0.3 is 5.97 Å². The van der Waals surface area contributed by atoms with Crippen LogP contribution in [0.3, 0.4) is 0 Å². The van der Waals surface area contributed by atoms with Crippen molar-refractivity contribution in [3.05, 3.63) is 47.9 Å². The normalized spacial score (nSPS) is 21.1. The van der Waals surface area contributed by atoms with Crippen LogP contribution in [0.5, 0.6) is 0 Å². The number of piperidine rings is 1. The Morgan fingerprint density at radius 2 is 1.84 bits per heavy atom. The highest BCUT2D eigenvalue weighted by Crippen LogP contribution is 2.38. The first kappa shape index (κ1) is 29.6. The van der Waals surface area contributed by atoms with E-state index in [1.165, 1.54) is 11.4 Å². The van der Waals surface area contributed by atoms with Gasteiger partial charge in [0.15, 0.2) is 5.65 Å². The Bertz CT molecular complexity index is 1860. The van der Waals surface area contributed by atoms with Crippen molar-refractivity contribution < 1.29 is 23.1 Å². The molecular formula is C29H36N10O5S. The average molecular weight is 637 g/mol. The number of fused-ring (bicyclic) bond motifs is 2. The molecule has 0 saturated carbocycles. The van der Waals surface area contributed by atoms with E-state index in [4.69, 9.17) is 20.0 Å². The van der Waals surface area contributed by atoms with E-state index in [1.807, 2.05) is 34.8 Å². The standard InChI is InChI=1S/C29H36N10O5S/c1-35(45(30,42)43)18-19-9-11-37(19)24-17-26(36-12-14-44-15-13-36)39-25(32-24)16-22(34-39)23-8-4-5-10-38(23)28-20-6-2-3-7-21(20)31-27(33-28)29(40)41/h2-3,6-7,16-17,19,23H,4-5,8-15,18H2,1H3,(H,40,41)(H2,30,42,43). The zero-order valence-electron chi connectivity index (χ0n) is 25.0. The molecule has 45 heavy (non-hydrogen) atoms. The molecule has 3 aliphatic heterocycles. The van der Waals surface area contributed by atoms with Crippen LogP contribution in [0, 0.1) is 0 Å². The second-order valence-corrected chi connectivity index (χ2v) is 13.4. The summed E-state index contributed by atoms with van der Waals surface area (Å²) in [6.45, 7) is 4.31. The van der Waals surface area contributed by atoms with Crippen molar-refractivity contribution in [2.24, 2.45) is 5.14 Å². The molecule has 6 heterocycles. The van der Waals surface area contributed by atoms with E-state index in [0.717, 1.165) is 54.9 Å². The number of rotatable bonds is 8. The lowest BCUT2D eigenvalue weighted by molar-refractivity contribution is 0.0684. The van der Waals surface area contributed by atoms with Gasteiger partial charge in [0, 0.05) is 63.3 Å². The third kappa shape index (κ3) is 5.62. The fraction of sp³-hybridized carbons (Fsp3) is 0.483. The van der Waals surface area contributed by atoms with Crippen molar-refractivity contribution in [3.63, 3.8) is 0 Å². The second-order valence-electron chi connectivity index (χ2n) is 11.8. The lowest BCUT2D eigenvalue weighted by Crippen LogP contribution is -2.55. The van der Waals surface area contributed by atoms with Gasteiger partial charge in [-0.3, -0.25) is 0 Å². The van der Waals surface area contributed by atoms with E-state index in [-0.39, 0.29) is 24.5 Å². The Labute approximate surface area is 260 Å². The van der Waals surface area contributed by atoms with Crippen molar-refractivity contribution in [2.45, 2.75) is 37.8 Å². The van der Waals surface area contributed by atoms with Gasteiger partial charge in [-0.15, -0.1) is 0 Å². The molecule has 3 fully saturated rings. The minimum atomic E-state index is -3.79. The topological polar surface area (TPSA) is 176 Å². The molecular weight excluding hydrogens is 600 g/mol. The predicted octanol–water partition coefficient (Wildman–Crippen LogP) is 1.65.